The van der Waals surface area contributed by atoms with Crippen molar-refractivity contribution in [2.45, 2.75) is 6.92 Å². The molecule has 3 rings (SSSR count). The van der Waals surface area contributed by atoms with Crippen LogP contribution in [0.15, 0.2) is 42.5 Å². The van der Waals surface area contributed by atoms with Gasteiger partial charge in [0.1, 0.15) is 0 Å². The molecule has 3 N–H and O–H groups in total. The molecule has 0 spiro atoms. The van der Waals surface area contributed by atoms with Gasteiger partial charge in [-0.15, -0.1) is 5.10 Å². The van der Waals surface area contributed by atoms with Crippen LogP contribution in [0, 0.1) is 6.92 Å². The highest BCUT2D eigenvalue weighted by Crippen LogP contribution is 2.28. The molecule has 3 aromatic rings. The number of anilines is 1. The Balaban J connectivity index is 2.09. The Bertz CT molecular complexity index is 686. The lowest BCUT2D eigenvalue weighted by molar-refractivity contribution is 0.881. The van der Waals surface area contributed by atoms with E-state index in [9.17, 15) is 0 Å². The zero-order valence-electron chi connectivity index (χ0n) is 10.5. The molecule has 0 saturated heterocycles. The molecule has 0 saturated carbocycles. The summed E-state index contributed by atoms with van der Waals surface area (Å²) in [5.41, 5.74) is 10.9. The van der Waals surface area contributed by atoms with E-state index in [1.165, 1.54) is 5.56 Å². The van der Waals surface area contributed by atoms with E-state index in [2.05, 4.69) is 51.8 Å². The van der Waals surface area contributed by atoms with Crippen LogP contribution in [0.2, 0.25) is 0 Å². The maximum Gasteiger partial charge on any atom is 0.181 e. The minimum Gasteiger partial charge on any atom is -0.398 e. The molecule has 0 atom stereocenters. The predicted octanol–water partition coefficient (Wildman–Crippen LogP) is 2.42. The highest BCUT2D eigenvalue weighted by Gasteiger charge is 2.08. The lowest BCUT2D eigenvalue weighted by atomic mass is 10.0. The second-order valence-electron chi connectivity index (χ2n) is 4.42. The summed E-state index contributed by atoms with van der Waals surface area (Å²) in [7, 11) is 0. The van der Waals surface area contributed by atoms with Crippen molar-refractivity contribution in [2.24, 2.45) is 0 Å². The van der Waals surface area contributed by atoms with Crippen LogP contribution < -0.4 is 5.73 Å². The number of H-pyrrole nitrogens is 1. The first kappa shape index (κ1) is 11.4. The van der Waals surface area contributed by atoms with Gasteiger partial charge in [0.25, 0.3) is 0 Å². The lowest BCUT2D eigenvalue weighted by Crippen LogP contribution is -1.92. The van der Waals surface area contributed by atoms with Crippen molar-refractivity contribution in [3.05, 3.63) is 48.0 Å². The molecule has 0 amide bonds. The number of aromatic nitrogens is 4. The summed E-state index contributed by atoms with van der Waals surface area (Å²) in [4.78, 5) is 0. The van der Waals surface area contributed by atoms with Crippen molar-refractivity contribution in [1.82, 2.24) is 20.6 Å². The van der Waals surface area contributed by atoms with Gasteiger partial charge in [-0.1, -0.05) is 35.9 Å². The monoisotopic (exact) mass is 251 g/mol. The molecule has 1 aromatic heterocycles. The molecule has 5 heteroatoms. The smallest absolute Gasteiger partial charge is 0.181 e. The molecule has 0 unspecified atom stereocenters. The summed E-state index contributed by atoms with van der Waals surface area (Å²) in [5.74, 6) is 0.575. The number of benzene rings is 2. The number of hydrogen-bond acceptors (Lipinski definition) is 4. The lowest BCUT2D eigenvalue weighted by Gasteiger charge is -2.07. The van der Waals surface area contributed by atoms with E-state index in [0.717, 1.165) is 16.7 Å². The average Bonchev–Trinajstić information content (AvgIpc) is 2.94. The number of nitrogens with one attached hydrogen (secondary N) is 1. The number of nitrogen functional groups attached to an aromatic ring is 1. The quantitative estimate of drug-likeness (QED) is 0.685. The van der Waals surface area contributed by atoms with Gasteiger partial charge in [0, 0.05) is 11.3 Å². The van der Waals surface area contributed by atoms with Gasteiger partial charge in [-0.3, -0.25) is 0 Å². The molecule has 0 aliphatic rings. The van der Waals surface area contributed by atoms with Crippen LogP contribution in [0.3, 0.4) is 0 Å². The van der Waals surface area contributed by atoms with Gasteiger partial charge in [-0.2, -0.15) is 0 Å². The second kappa shape index (κ2) is 4.53. The third-order valence-electron chi connectivity index (χ3n) is 3.04. The van der Waals surface area contributed by atoms with Gasteiger partial charge in [0.2, 0.25) is 0 Å². The molecule has 0 aliphatic heterocycles. The Morgan fingerprint density at radius 2 is 1.74 bits per heavy atom. The third-order valence-corrected chi connectivity index (χ3v) is 3.04. The number of aromatic amines is 1. The van der Waals surface area contributed by atoms with Crippen LogP contribution in [0.25, 0.3) is 22.5 Å². The number of nitrogens with zero attached hydrogens (tertiary/aromatic N) is 3. The minimum absolute atomic E-state index is 0.575. The fourth-order valence-corrected chi connectivity index (χ4v) is 1.96. The van der Waals surface area contributed by atoms with Gasteiger partial charge in [-0.05, 0) is 40.6 Å². The molecular formula is C14H13N5. The first-order valence-corrected chi connectivity index (χ1v) is 5.95. The molecule has 0 bridgehead atoms. The molecule has 2 aromatic carbocycles. The van der Waals surface area contributed by atoms with E-state index in [1.807, 2.05) is 18.2 Å². The van der Waals surface area contributed by atoms with E-state index in [-0.39, 0.29) is 0 Å². The molecule has 19 heavy (non-hydrogen) atoms. The van der Waals surface area contributed by atoms with Gasteiger partial charge >= 0.3 is 0 Å². The van der Waals surface area contributed by atoms with E-state index >= 15 is 0 Å². The topological polar surface area (TPSA) is 80.5 Å². The Hall–Kier alpha value is -2.69. The first-order valence-electron chi connectivity index (χ1n) is 5.95. The van der Waals surface area contributed by atoms with Gasteiger partial charge in [-0.25, -0.2) is 5.10 Å². The summed E-state index contributed by atoms with van der Waals surface area (Å²) in [6.07, 6.45) is 0. The number of aryl methyl sites for hydroxylation is 1. The maximum atomic E-state index is 5.97. The van der Waals surface area contributed by atoms with Gasteiger partial charge in [0.05, 0.1) is 0 Å². The number of hydrogen-bond donors (Lipinski definition) is 2. The third kappa shape index (κ3) is 2.18. The molecule has 0 radical (unpaired) electrons. The van der Waals surface area contributed by atoms with Crippen molar-refractivity contribution >= 4 is 5.69 Å². The van der Waals surface area contributed by atoms with Crippen LogP contribution in [-0.4, -0.2) is 20.6 Å². The Morgan fingerprint density at radius 1 is 1.00 bits per heavy atom. The zero-order chi connectivity index (χ0) is 13.2. The summed E-state index contributed by atoms with van der Waals surface area (Å²) >= 11 is 0. The first-order chi connectivity index (χ1) is 9.24. The standard InChI is InChI=1S/C14H13N5/c1-9-2-4-10(5-3-9)11-6-7-13(15)12(8-11)14-16-18-19-17-14/h2-8H,15H2,1H3,(H,16,17,18,19). The number of rotatable bonds is 2. The summed E-state index contributed by atoms with van der Waals surface area (Å²) in [6.45, 7) is 2.07. The van der Waals surface area contributed by atoms with E-state index in [1.54, 1.807) is 0 Å². The van der Waals surface area contributed by atoms with Crippen molar-refractivity contribution < 1.29 is 0 Å². The Labute approximate surface area is 110 Å². The van der Waals surface area contributed by atoms with Crippen molar-refractivity contribution in [3.63, 3.8) is 0 Å². The largest absolute Gasteiger partial charge is 0.398 e. The van der Waals surface area contributed by atoms with Crippen molar-refractivity contribution in [1.29, 1.82) is 0 Å². The SMILES string of the molecule is Cc1ccc(-c2ccc(N)c(-c3nnn[nH]3)c2)cc1. The Morgan fingerprint density at radius 3 is 2.42 bits per heavy atom. The minimum atomic E-state index is 0.575. The van der Waals surface area contributed by atoms with Gasteiger partial charge < -0.3 is 5.73 Å². The molecule has 5 nitrogen and oxygen atoms in total. The summed E-state index contributed by atoms with van der Waals surface area (Å²) in [6, 6.07) is 14.2. The van der Waals surface area contributed by atoms with Crippen LogP contribution in [0.5, 0.6) is 0 Å². The Kier molecular flexibility index (Phi) is 2.72. The molecule has 0 aliphatic carbocycles. The summed E-state index contributed by atoms with van der Waals surface area (Å²) < 4.78 is 0. The van der Waals surface area contributed by atoms with Gasteiger partial charge in [0.15, 0.2) is 5.82 Å². The maximum absolute atomic E-state index is 5.97. The average molecular weight is 251 g/mol. The van der Waals surface area contributed by atoms with Crippen molar-refractivity contribution in [2.75, 3.05) is 5.73 Å². The van der Waals surface area contributed by atoms with E-state index < -0.39 is 0 Å². The fraction of sp³-hybridized carbons (Fsp3) is 0.0714. The highest BCUT2D eigenvalue weighted by atomic mass is 15.5. The molecule has 94 valence electrons. The molecule has 1 heterocycles. The van der Waals surface area contributed by atoms with E-state index in [0.29, 0.717) is 11.5 Å². The van der Waals surface area contributed by atoms with Crippen LogP contribution in [0.1, 0.15) is 5.56 Å². The predicted molar refractivity (Wildman–Crippen MR) is 74.2 cm³/mol. The zero-order valence-corrected chi connectivity index (χ0v) is 10.5. The normalized spacial score (nSPS) is 10.6. The summed E-state index contributed by atoms with van der Waals surface area (Å²) in [5, 5.41) is 13.8. The van der Waals surface area contributed by atoms with Crippen LogP contribution in [-0.2, 0) is 0 Å². The highest BCUT2D eigenvalue weighted by molar-refractivity contribution is 5.78. The number of nitrogens with two attached hydrogens (primary N) is 1. The molecule has 0 fully saturated rings. The van der Waals surface area contributed by atoms with E-state index in [4.69, 9.17) is 5.73 Å². The van der Waals surface area contributed by atoms with Crippen LogP contribution >= 0.6 is 0 Å². The van der Waals surface area contributed by atoms with Crippen LogP contribution in [0.4, 0.5) is 5.69 Å². The van der Waals surface area contributed by atoms with Crippen molar-refractivity contribution in [3.8, 4) is 22.5 Å². The molecular weight excluding hydrogens is 238 g/mol. The second-order valence-corrected chi connectivity index (χ2v) is 4.42. The number of tetrazole rings is 1. The fourth-order valence-electron chi connectivity index (χ4n) is 1.96.